The van der Waals surface area contributed by atoms with Crippen molar-refractivity contribution < 1.29 is 32.7 Å². The Morgan fingerprint density at radius 1 is 0.868 bits per heavy atom. The number of aryl methyl sites for hydroxylation is 1. The zero-order valence-electron chi connectivity index (χ0n) is 21.2. The van der Waals surface area contributed by atoms with Crippen LogP contribution in [0.5, 0.6) is 0 Å². The van der Waals surface area contributed by atoms with E-state index in [0.717, 1.165) is 68.5 Å². The Bertz CT molecular complexity index is 1230. The molecule has 3 aliphatic heterocycles. The van der Waals surface area contributed by atoms with Gasteiger partial charge in [-0.25, -0.2) is 18.0 Å². The van der Waals surface area contributed by atoms with Crippen molar-refractivity contribution in [1.82, 2.24) is 0 Å². The van der Waals surface area contributed by atoms with E-state index in [-0.39, 0.29) is 29.7 Å². The molecular weight excluding hydrogens is 493 g/mol. The molecule has 0 saturated carbocycles. The van der Waals surface area contributed by atoms with Gasteiger partial charge in [-0.2, -0.15) is 0 Å². The van der Waals surface area contributed by atoms with Gasteiger partial charge in [-0.15, -0.1) is 0 Å². The number of halogens is 3. The lowest BCUT2D eigenvalue weighted by molar-refractivity contribution is -0.946. The van der Waals surface area contributed by atoms with Gasteiger partial charge in [0, 0.05) is 25.2 Å². The molecule has 38 heavy (non-hydrogen) atoms. The zero-order chi connectivity index (χ0) is 25.8. The first kappa shape index (κ1) is 27.7. The average Bonchev–Trinajstić information content (AvgIpc) is 2.91. The minimum absolute atomic E-state index is 0. The van der Waals surface area contributed by atoms with Crippen molar-refractivity contribution in [2.75, 3.05) is 31.1 Å². The monoisotopic (exact) mass is 526 g/mol. The highest BCUT2D eigenvalue weighted by atomic mass is 19.2. The Balaban J connectivity index is 0.00000336. The Kier molecular flexibility index (Phi) is 8.74. The van der Waals surface area contributed by atoms with Crippen molar-refractivity contribution >= 4 is 11.8 Å². The number of ether oxygens (including phenoxy) is 1. The van der Waals surface area contributed by atoms with E-state index in [1.54, 1.807) is 6.07 Å². The van der Waals surface area contributed by atoms with Gasteiger partial charge in [-0.1, -0.05) is 48.5 Å². The van der Waals surface area contributed by atoms with Gasteiger partial charge in [0.1, 0.15) is 12.4 Å². The first-order chi connectivity index (χ1) is 17.9. The second-order valence-corrected chi connectivity index (χ2v) is 10.3. The van der Waals surface area contributed by atoms with Crippen LogP contribution in [0.2, 0.25) is 0 Å². The standard InChI is InChI=1S/C30H32F3N2O2.H2O/c31-25-13-12-23(19-27(25)33)20-34(28-11-5-4-10-26(28)32)30(36)37-29-21-35(17-14-24(29)15-18-35)16-6-9-22-7-2-1-3-8-22;/h1-5,7-8,10-13,19,24,29H,6,9,14-18,20-21H2;1H2/q+1;/p-1/t24?,29-,35?;/m0./s1. The maximum Gasteiger partial charge on any atom is 0.415 e. The summed E-state index contributed by atoms with van der Waals surface area (Å²) in [5.74, 6) is -2.29. The molecule has 8 heteroatoms. The number of rotatable bonds is 8. The number of hydrogen-bond acceptors (Lipinski definition) is 3. The number of carbonyl (C=O) groups excluding carboxylic acids is 1. The summed E-state index contributed by atoms with van der Waals surface area (Å²) in [4.78, 5) is 14.6. The van der Waals surface area contributed by atoms with Crippen LogP contribution in [-0.2, 0) is 17.7 Å². The van der Waals surface area contributed by atoms with E-state index < -0.39 is 23.5 Å². The second kappa shape index (κ2) is 12.0. The van der Waals surface area contributed by atoms with Gasteiger partial charge < -0.3 is 14.7 Å². The summed E-state index contributed by atoms with van der Waals surface area (Å²) in [6, 6.07) is 19.8. The summed E-state index contributed by atoms with van der Waals surface area (Å²) in [6.45, 7) is 3.81. The zero-order valence-corrected chi connectivity index (χ0v) is 21.2. The quantitative estimate of drug-likeness (QED) is 0.323. The Morgan fingerprint density at radius 2 is 1.58 bits per heavy atom. The average molecular weight is 527 g/mol. The molecule has 2 bridgehead atoms. The van der Waals surface area contributed by atoms with Gasteiger partial charge in [-0.3, -0.25) is 4.90 Å². The summed E-state index contributed by atoms with van der Waals surface area (Å²) in [7, 11) is 0. The molecule has 0 unspecified atom stereocenters. The van der Waals surface area contributed by atoms with Crippen LogP contribution in [-0.4, -0.2) is 48.3 Å². The molecule has 1 N–H and O–H groups in total. The maximum absolute atomic E-state index is 14.7. The number of para-hydroxylation sites is 1. The van der Waals surface area contributed by atoms with E-state index in [1.165, 1.54) is 34.7 Å². The number of piperidine rings is 3. The van der Waals surface area contributed by atoms with Gasteiger partial charge >= 0.3 is 6.09 Å². The van der Waals surface area contributed by atoms with Gasteiger partial charge in [0.25, 0.3) is 0 Å². The third kappa shape index (κ3) is 6.19. The molecule has 1 amide bonds. The fraction of sp³-hybridized carbons (Fsp3) is 0.367. The van der Waals surface area contributed by atoms with E-state index in [9.17, 15) is 18.0 Å². The SMILES string of the molecule is O=C(O[C@H]1C[N+]2(CCCc3ccccc3)CCC1CC2)N(Cc1ccc(F)c(F)c1)c1ccccc1F.[OH-]. The molecule has 6 rings (SSSR count). The van der Waals surface area contributed by atoms with Crippen molar-refractivity contribution in [3.63, 3.8) is 0 Å². The summed E-state index contributed by atoms with van der Waals surface area (Å²) >= 11 is 0. The smallest absolute Gasteiger partial charge is 0.415 e. The molecule has 3 heterocycles. The van der Waals surface area contributed by atoms with Gasteiger partial charge in [0.15, 0.2) is 17.7 Å². The largest absolute Gasteiger partial charge is 0.870 e. The highest BCUT2D eigenvalue weighted by Crippen LogP contribution is 2.36. The van der Waals surface area contributed by atoms with Crippen molar-refractivity contribution in [2.24, 2.45) is 5.92 Å². The van der Waals surface area contributed by atoms with E-state index in [1.807, 2.05) is 6.07 Å². The van der Waals surface area contributed by atoms with Crippen LogP contribution in [0.1, 0.15) is 30.4 Å². The minimum Gasteiger partial charge on any atom is -0.870 e. The normalized spacial score (nSPS) is 22.0. The van der Waals surface area contributed by atoms with E-state index >= 15 is 0 Å². The van der Waals surface area contributed by atoms with Crippen LogP contribution >= 0.6 is 0 Å². The van der Waals surface area contributed by atoms with Crippen LogP contribution in [0.15, 0.2) is 72.8 Å². The van der Waals surface area contributed by atoms with Crippen molar-refractivity contribution in [1.29, 1.82) is 0 Å². The molecule has 3 aromatic carbocycles. The fourth-order valence-corrected chi connectivity index (χ4v) is 5.86. The Hall–Kier alpha value is -3.36. The molecule has 3 aliphatic rings. The third-order valence-electron chi connectivity index (χ3n) is 7.92. The molecule has 0 spiro atoms. The summed E-state index contributed by atoms with van der Waals surface area (Å²) < 4.78 is 49.0. The summed E-state index contributed by atoms with van der Waals surface area (Å²) in [6.07, 6.45) is 3.14. The predicted octanol–water partition coefficient (Wildman–Crippen LogP) is 6.31. The lowest BCUT2D eigenvalue weighted by Gasteiger charge is -2.52. The number of amides is 1. The van der Waals surface area contributed by atoms with Crippen molar-refractivity contribution in [3.8, 4) is 0 Å². The Morgan fingerprint density at radius 3 is 2.29 bits per heavy atom. The van der Waals surface area contributed by atoms with Gasteiger partial charge in [-0.05, 0) is 41.8 Å². The molecule has 3 aromatic rings. The number of fused-ring (bicyclic) bond motifs is 3. The Labute approximate surface area is 221 Å². The predicted molar refractivity (Wildman–Crippen MR) is 138 cm³/mol. The number of nitrogens with zero attached hydrogens (tertiary/aromatic N) is 2. The van der Waals surface area contributed by atoms with Crippen LogP contribution < -0.4 is 4.90 Å². The number of anilines is 1. The van der Waals surface area contributed by atoms with Crippen LogP contribution in [0.25, 0.3) is 0 Å². The molecule has 3 fully saturated rings. The molecule has 1 atom stereocenters. The lowest BCUT2D eigenvalue weighted by atomic mass is 9.83. The van der Waals surface area contributed by atoms with Crippen molar-refractivity contribution in [3.05, 3.63) is 101 Å². The second-order valence-electron chi connectivity index (χ2n) is 10.3. The number of benzene rings is 3. The molecule has 0 aliphatic carbocycles. The highest BCUT2D eigenvalue weighted by Gasteiger charge is 2.47. The first-order valence-electron chi connectivity index (χ1n) is 13.0. The van der Waals surface area contributed by atoms with E-state index in [0.29, 0.717) is 5.56 Å². The number of hydrogen-bond donors (Lipinski definition) is 0. The van der Waals surface area contributed by atoms with Gasteiger partial charge in [0.05, 0.1) is 31.9 Å². The number of quaternary nitrogens is 1. The molecule has 0 radical (unpaired) electrons. The van der Waals surface area contributed by atoms with E-state index in [4.69, 9.17) is 4.74 Å². The third-order valence-corrected chi connectivity index (χ3v) is 7.92. The minimum atomic E-state index is -1.02. The van der Waals surface area contributed by atoms with Crippen LogP contribution in [0.4, 0.5) is 23.7 Å². The molecule has 0 aromatic heterocycles. The van der Waals surface area contributed by atoms with Crippen molar-refractivity contribution in [2.45, 2.75) is 38.3 Å². The lowest BCUT2D eigenvalue weighted by Crippen LogP contribution is -2.65. The van der Waals surface area contributed by atoms with Crippen LogP contribution in [0.3, 0.4) is 0 Å². The number of carbonyl (C=O) groups is 1. The van der Waals surface area contributed by atoms with Crippen LogP contribution in [0, 0.1) is 23.4 Å². The van der Waals surface area contributed by atoms with Gasteiger partial charge in [0.2, 0.25) is 0 Å². The summed E-state index contributed by atoms with van der Waals surface area (Å²) in [5, 5.41) is 0. The fourth-order valence-electron chi connectivity index (χ4n) is 5.86. The first-order valence-corrected chi connectivity index (χ1v) is 13.0. The molecule has 202 valence electrons. The highest BCUT2D eigenvalue weighted by molar-refractivity contribution is 5.87. The maximum atomic E-state index is 14.7. The van der Waals surface area contributed by atoms with E-state index in [2.05, 4.69) is 24.3 Å². The molecule has 5 nitrogen and oxygen atoms in total. The molecular formula is C30H33F3N2O3. The topological polar surface area (TPSA) is 59.5 Å². The summed E-state index contributed by atoms with van der Waals surface area (Å²) in [5.41, 5.74) is 1.72. The molecule has 3 saturated heterocycles.